The van der Waals surface area contributed by atoms with Gasteiger partial charge in [-0.1, -0.05) is 42.5 Å². The van der Waals surface area contributed by atoms with Gasteiger partial charge in [-0.2, -0.15) is 0 Å². The molecule has 0 aliphatic heterocycles. The van der Waals surface area contributed by atoms with Gasteiger partial charge in [-0.05, 0) is 37.1 Å². The van der Waals surface area contributed by atoms with E-state index in [9.17, 15) is 14.4 Å². The molecule has 11 nitrogen and oxygen atoms in total. The Balaban J connectivity index is 1.77. The summed E-state index contributed by atoms with van der Waals surface area (Å²) in [4.78, 5) is 44.6. The first kappa shape index (κ1) is 29.3. The maximum atomic E-state index is 13.2. The van der Waals surface area contributed by atoms with E-state index in [1.165, 1.54) is 11.2 Å². The molecular formula is C28H36N6O5. The van der Waals surface area contributed by atoms with Crippen LogP contribution in [0.5, 0.6) is 5.75 Å². The van der Waals surface area contributed by atoms with Crippen molar-refractivity contribution in [1.82, 2.24) is 19.8 Å². The number of anilines is 1. The minimum Gasteiger partial charge on any atom is -0.497 e. The van der Waals surface area contributed by atoms with Crippen LogP contribution in [0.1, 0.15) is 31.0 Å². The number of nitrogens with zero attached hydrogens (tertiary/aromatic N) is 3. The molecule has 3 rings (SSSR count). The highest BCUT2D eigenvalue weighted by Crippen LogP contribution is 2.24. The molecule has 39 heavy (non-hydrogen) atoms. The van der Waals surface area contributed by atoms with Crippen LogP contribution < -0.4 is 21.1 Å². The molecule has 0 saturated carbocycles. The second kappa shape index (κ2) is 13.0. The minimum absolute atomic E-state index is 0.0865. The van der Waals surface area contributed by atoms with Crippen LogP contribution >= 0.6 is 0 Å². The average Bonchev–Trinajstić information content (AvgIpc) is 3.36. The van der Waals surface area contributed by atoms with E-state index in [-0.39, 0.29) is 24.9 Å². The highest BCUT2D eigenvalue weighted by atomic mass is 16.5. The van der Waals surface area contributed by atoms with E-state index < -0.39 is 29.4 Å². The summed E-state index contributed by atoms with van der Waals surface area (Å²) in [5.41, 5.74) is 6.37. The molecule has 3 amide bonds. The Morgan fingerprint density at radius 3 is 2.33 bits per heavy atom. The molecule has 0 fully saturated rings. The van der Waals surface area contributed by atoms with Gasteiger partial charge in [0, 0.05) is 20.3 Å². The van der Waals surface area contributed by atoms with E-state index in [2.05, 4.69) is 15.6 Å². The van der Waals surface area contributed by atoms with Gasteiger partial charge >= 0.3 is 0 Å². The first-order valence-electron chi connectivity index (χ1n) is 12.4. The molecule has 1 aromatic heterocycles. The minimum atomic E-state index is -1.20. The van der Waals surface area contributed by atoms with Crippen LogP contribution in [0, 0.1) is 0 Å². The van der Waals surface area contributed by atoms with Crippen molar-refractivity contribution in [3.8, 4) is 5.75 Å². The molecule has 0 bridgehead atoms. The number of hydrogen-bond acceptors (Lipinski definition) is 7. The van der Waals surface area contributed by atoms with Gasteiger partial charge in [-0.25, -0.2) is 4.98 Å². The van der Waals surface area contributed by atoms with Crippen molar-refractivity contribution in [3.05, 3.63) is 78.2 Å². The molecule has 0 aliphatic carbocycles. The molecule has 3 aromatic rings. The first-order valence-corrected chi connectivity index (χ1v) is 12.4. The zero-order chi connectivity index (χ0) is 28.6. The van der Waals surface area contributed by atoms with E-state index in [0.717, 1.165) is 11.1 Å². The highest BCUT2D eigenvalue weighted by molar-refractivity contribution is 5.98. The quantitative estimate of drug-likeness (QED) is 0.321. The average molecular weight is 537 g/mol. The van der Waals surface area contributed by atoms with Crippen molar-refractivity contribution >= 4 is 23.5 Å². The summed E-state index contributed by atoms with van der Waals surface area (Å²) in [6.07, 6.45) is 3.03. The van der Waals surface area contributed by atoms with Crippen LogP contribution in [0.3, 0.4) is 0 Å². The van der Waals surface area contributed by atoms with Gasteiger partial charge < -0.3 is 35.3 Å². The maximum Gasteiger partial charge on any atom is 0.250 e. The second-order valence-corrected chi connectivity index (χ2v) is 9.85. The van der Waals surface area contributed by atoms with E-state index in [0.29, 0.717) is 5.75 Å². The fourth-order valence-corrected chi connectivity index (χ4v) is 3.62. The number of amides is 3. The Labute approximate surface area is 228 Å². The van der Waals surface area contributed by atoms with Crippen molar-refractivity contribution in [3.63, 3.8) is 0 Å². The zero-order valence-electron chi connectivity index (χ0n) is 22.9. The van der Waals surface area contributed by atoms with Crippen molar-refractivity contribution < 1.29 is 23.9 Å². The molecular weight excluding hydrogens is 500 g/mol. The summed E-state index contributed by atoms with van der Waals surface area (Å²) in [7, 11) is 4.90. The molecule has 0 spiro atoms. The van der Waals surface area contributed by atoms with Crippen LogP contribution in [-0.4, -0.2) is 71.6 Å². The molecule has 1 unspecified atom stereocenters. The van der Waals surface area contributed by atoms with Crippen molar-refractivity contribution in [2.45, 2.75) is 38.1 Å². The molecule has 208 valence electrons. The van der Waals surface area contributed by atoms with Gasteiger partial charge in [0.2, 0.25) is 11.8 Å². The van der Waals surface area contributed by atoms with Crippen LogP contribution in [0.25, 0.3) is 0 Å². The number of hydrogen-bond donors (Lipinski definition) is 3. The van der Waals surface area contributed by atoms with Crippen LogP contribution in [0.2, 0.25) is 0 Å². The summed E-state index contributed by atoms with van der Waals surface area (Å²) in [6.45, 7) is 3.27. The van der Waals surface area contributed by atoms with E-state index in [1.54, 1.807) is 70.1 Å². The van der Waals surface area contributed by atoms with Crippen molar-refractivity contribution in [2.75, 3.05) is 33.1 Å². The first-order chi connectivity index (χ1) is 18.5. The molecule has 1 heterocycles. The zero-order valence-corrected chi connectivity index (χ0v) is 22.9. The number of likely N-dealkylation sites (N-methyl/N-ethyl adjacent to an activating group) is 1. The smallest absolute Gasteiger partial charge is 0.250 e. The number of benzene rings is 2. The summed E-state index contributed by atoms with van der Waals surface area (Å²) in [5, 5.41) is 5.36. The number of nitrogens with one attached hydrogen (secondary N) is 2. The lowest BCUT2D eigenvalue weighted by molar-refractivity contribution is -0.131. The maximum absolute atomic E-state index is 13.2. The van der Waals surface area contributed by atoms with Gasteiger partial charge in [-0.15, -0.1) is 0 Å². The lowest BCUT2D eigenvalue weighted by Gasteiger charge is -2.23. The topological polar surface area (TPSA) is 141 Å². The Hall–Kier alpha value is -4.22. The summed E-state index contributed by atoms with van der Waals surface area (Å²) in [5.74, 6) is -0.352. The van der Waals surface area contributed by atoms with Gasteiger partial charge in [0.05, 0.1) is 32.2 Å². The molecule has 0 saturated heterocycles. The largest absolute Gasteiger partial charge is 0.497 e. The third-order valence-corrected chi connectivity index (χ3v) is 5.86. The monoisotopic (exact) mass is 536 g/mol. The number of methoxy groups -OCH3 is 1. The summed E-state index contributed by atoms with van der Waals surface area (Å²) >= 11 is 0. The highest BCUT2D eigenvalue weighted by Gasteiger charge is 2.29. The molecule has 0 aliphatic rings. The fourth-order valence-electron chi connectivity index (χ4n) is 3.62. The second-order valence-electron chi connectivity index (χ2n) is 9.85. The van der Waals surface area contributed by atoms with E-state index >= 15 is 0 Å². The number of nitrogens with two attached hydrogens (primary N) is 1. The van der Waals surface area contributed by atoms with Crippen LogP contribution in [0.15, 0.2) is 67.1 Å². The van der Waals surface area contributed by atoms with Gasteiger partial charge in [0.25, 0.3) is 5.91 Å². The SMILES string of the molecule is COc1ccc(C(C(=O)N(C)C)n2cnc(NC(=O)[C@@H](COCc3ccccc3)NC(=O)C(C)(C)N)c2)cc1. The summed E-state index contributed by atoms with van der Waals surface area (Å²) < 4.78 is 12.6. The predicted molar refractivity (Wildman–Crippen MR) is 147 cm³/mol. The standard InChI is InChI=1S/C28H36N6O5/c1-28(2,29)27(37)31-22(17-39-16-19-9-7-6-8-10-19)25(35)32-23-15-34(18-30-23)24(26(36)33(3)4)20-11-13-21(38-5)14-12-20/h6-15,18,22,24H,16-17,29H2,1-5H3,(H,31,37)(H,32,35)/t22-,24?/m1/s1. The Morgan fingerprint density at radius 1 is 1.08 bits per heavy atom. The Bertz CT molecular complexity index is 1250. The van der Waals surface area contributed by atoms with Gasteiger partial charge in [0.15, 0.2) is 5.82 Å². The summed E-state index contributed by atoms with van der Waals surface area (Å²) in [6, 6.07) is 14.9. The third-order valence-electron chi connectivity index (χ3n) is 5.86. The number of imidazole rings is 1. The molecule has 4 N–H and O–H groups in total. The van der Waals surface area contributed by atoms with Crippen LogP contribution in [0.4, 0.5) is 5.82 Å². The number of rotatable bonds is 12. The normalized spacial score (nSPS) is 12.8. The van der Waals surface area contributed by atoms with Gasteiger partial charge in [-0.3, -0.25) is 14.4 Å². The lowest BCUT2D eigenvalue weighted by atomic mass is 10.1. The predicted octanol–water partition coefficient (Wildman–Crippen LogP) is 1.95. The fraction of sp³-hybridized carbons (Fsp3) is 0.357. The number of carbonyl (C=O) groups excluding carboxylic acids is 3. The number of carbonyl (C=O) groups is 3. The third kappa shape index (κ3) is 8.13. The Morgan fingerprint density at radius 2 is 1.74 bits per heavy atom. The van der Waals surface area contributed by atoms with E-state index in [4.69, 9.17) is 15.2 Å². The lowest BCUT2D eigenvalue weighted by Crippen LogP contribution is -2.56. The number of ether oxygens (including phenoxy) is 2. The van der Waals surface area contributed by atoms with Crippen LogP contribution in [-0.2, 0) is 25.7 Å². The van der Waals surface area contributed by atoms with Crippen molar-refractivity contribution in [1.29, 1.82) is 0 Å². The molecule has 11 heteroatoms. The van der Waals surface area contributed by atoms with Crippen molar-refractivity contribution in [2.24, 2.45) is 5.73 Å². The van der Waals surface area contributed by atoms with Gasteiger partial charge in [0.1, 0.15) is 17.8 Å². The molecule has 2 atom stereocenters. The molecule has 2 aromatic carbocycles. The number of aromatic nitrogens is 2. The molecule has 0 radical (unpaired) electrons. The van der Waals surface area contributed by atoms with E-state index in [1.807, 2.05) is 30.3 Å². The Kier molecular flexibility index (Phi) is 9.80.